The Labute approximate surface area is 140 Å². The molecule has 23 heavy (non-hydrogen) atoms. The lowest BCUT2D eigenvalue weighted by molar-refractivity contribution is -0.118. The van der Waals surface area contributed by atoms with Crippen LogP contribution < -0.4 is 10.6 Å². The van der Waals surface area contributed by atoms with Gasteiger partial charge in [-0.2, -0.15) is 0 Å². The maximum atomic E-state index is 12.6. The second-order valence-corrected chi connectivity index (χ2v) is 7.43. The third-order valence-corrected chi connectivity index (χ3v) is 5.80. The summed E-state index contributed by atoms with van der Waals surface area (Å²) < 4.78 is 0. The third kappa shape index (κ3) is 3.16. The Bertz CT molecular complexity index is 701. The number of nitrogens with one attached hydrogen (secondary N) is 2. The van der Waals surface area contributed by atoms with Crippen LogP contribution in [0.3, 0.4) is 0 Å². The molecular formula is C18H21N3OS. The summed E-state index contributed by atoms with van der Waals surface area (Å²) in [6.07, 6.45) is 6.65. The van der Waals surface area contributed by atoms with Crippen molar-refractivity contribution in [2.24, 2.45) is 0 Å². The summed E-state index contributed by atoms with van der Waals surface area (Å²) in [6.45, 7) is 0.753. The first-order chi connectivity index (χ1) is 11.3. The van der Waals surface area contributed by atoms with Crippen LogP contribution in [0.25, 0.3) is 0 Å². The van der Waals surface area contributed by atoms with Gasteiger partial charge in [0, 0.05) is 11.4 Å². The van der Waals surface area contributed by atoms with Crippen molar-refractivity contribution in [3.63, 3.8) is 0 Å². The van der Waals surface area contributed by atoms with Crippen molar-refractivity contribution in [3.05, 3.63) is 46.0 Å². The van der Waals surface area contributed by atoms with Crippen molar-refractivity contribution in [3.8, 4) is 0 Å². The smallest absolute Gasteiger partial charge is 0.243 e. The standard InChI is InChI=1S/C18H21N3OS/c22-17(15-10-12-6-4-5-7-13(12)11-19-15)21-18-20-14-8-2-1-3-9-16(14)23-18/h4-7,15,19H,1-3,8-11H2,(H,20,21,22). The van der Waals surface area contributed by atoms with Gasteiger partial charge in [-0.05, 0) is 43.2 Å². The summed E-state index contributed by atoms with van der Waals surface area (Å²) in [6, 6.07) is 8.14. The predicted molar refractivity (Wildman–Crippen MR) is 92.8 cm³/mol. The van der Waals surface area contributed by atoms with Gasteiger partial charge in [0.05, 0.1) is 11.7 Å². The molecule has 1 aliphatic carbocycles. The fraction of sp³-hybridized carbons (Fsp3) is 0.444. The Kier molecular flexibility index (Phi) is 4.14. The number of fused-ring (bicyclic) bond motifs is 2. The zero-order valence-electron chi connectivity index (χ0n) is 13.1. The number of nitrogens with zero attached hydrogens (tertiary/aromatic N) is 1. The summed E-state index contributed by atoms with van der Waals surface area (Å²) in [5.74, 6) is 0.0309. The summed E-state index contributed by atoms with van der Waals surface area (Å²) in [5.41, 5.74) is 3.75. The van der Waals surface area contributed by atoms with E-state index in [0.717, 1.165) is 30.9 Å². The second kappa shape index (κ2) is 6.42. The molecular weight excluding hydrogens is 306 g/mol. The van der Waals surface area contributed by atoms with E-state index in [0.29, 0.717) is 0 Å². The van der Waals surface area contributed by atoms with Gasteiger partial charge in [-0.3, -0.25) is 4.79 Å². The second-order valence-electron chi connectivity index (χ2n) is 6.35. The van der Waals surface area contributed by atoms with E-state index in [2.05, 4.69) is 27.8 Å². The number of rotatable bonds is 2. The Hall–Kier alpha value is -1.72. The first-order valence-corrected chi connectivity index (χ1v) is 9.21. The van der Waals surface area contributed by atoms with Crippen LogP contribution in [-0.4, -0.2) is 16.9 Å². The summed E-state index contributed by atoms with van der Waals surface area (Å²) in [4.78, 5) is 18.6. The minimum Gasteiger partial charge on any atom is -0.301 e. The van der Waals surface area contributed by atoms with Gasteiger partial charge < -0.3 is 10.6 Å². The maximum absolute atomic E-state index is 12.6. The molecule has 1 amide bonds. The first kappa shape index (κ1) is 14.8. The molecule has 4 nitrogen and oxygen atoms in total. The fourth-order valence-electron chi connectivity index (χ4n) is 3.41. The SMILES string of the molecule is O=C(Nc1nc2c(s1)CCCCC2)C1Cc2ccccc2CN1. The van der Waals surface area contributed by atoms with Crippen molar-refractivity contribution >= 4 is 22.4 Å². The van der Waals surface area contributed by atoms with E-state index in [4.69, 9.17) is 0 Å². The molecule has 1 aromatic heterocycles. The summed E-state index contributed by atoms with van der Waals surface area (Å²) in [7, 11) is 0. The number of hydrogen-bond acceptors (Lipinski definition) is 4. The highest BCUT2D eigenvalue weighted by Gasteiger charge is 2.25. The normalized spacial score (nSPS) is 20.3. The Morgan fingerprint density at radius 2 is 2.00 bits per heavy atom. The van der Waals surface area contributed by atoms with Crippen LogP contribution in [0, 0.1) is 0 Å². The summed E-state index contributed by atoms with van der Waals surface area (Å²) in [5, 5.41) is 7.12. The van der Waals surface area contributed by atoms with Crippen LogP contribution in [0.15, 0.2) is 24.3 Å². The average Bonchev–Trinajstić information content (AvgIpc) is 2.82. The molecule has 0 fully saturated rings. The molecule has 2 aliphatic rings. The van der Waals surface area contributed by atoms with Gasteiger partial charge in [-0.25, -0.2) is 4.98 Å². The molecule has 1 atom stereocenters. The van der Waals surface area contributed by atoms with Crippen LogP contribution in [0.2, 0.25) is 0 Å². The first-order valence-electron chi connectivity index (χ1n) is 8.39. The highest BCUT2D eigenvalue weighted by Crippen LogP contribution is 2.29. The van der Waals surface area contributed by atoms with Gasteiger partial charge in [0.2, 0.25) is 5.91 Å². The van der Waals surface area contributed by atoms with Crippen molar-refractivity contribution in [2.45, 2.75) is 51.1 Å². The highest BCUT2D eigenvalue weighted by molar-refractivity contribution is 7.15. The number of aromatic nitrogens is 1. The number of carbonyl (C=O) groups is 1. The lowest BCUT2D eigenvalue weighted by Gasteiger charge is -2.24. The van der Waals surface area contributed by atoms with E-state index in [1.165, 1.54) is 41.0 Å². The van der Waals surface area contributed by atoms with Crippen molar-refractivity contribution < 1.29 is 4.79 Å². The minimum absolute atomic E-state index is 0.0309. The van der Waals surface area contributed by atoms with Crippen LogP contribution in [0.1, 0.15) is 41.0 Å². The van der Waals surface area contributed by atoms with Gasteiger partial charge >= 0.3 is 0 Å². The topological polar surface area (TPSA) is 54.0 Å². The molecule has 1 aromatic carbocycles. The zero-order valence-corrected chi connectivity index (χ0v) is 13.9. The molecule has 2 N–H and O–H groups in total. The Morgan fingerprint density at radius 3 is 2.91 bits per heavy atom. The van der Waals surface area contributed by atoms with Gasteiger partial charge in [0.25, 0.3) is 0 Å². The van der Waals surface area contributed by atoms with Crippen molar-refractivity contribution in [1.29, 1.82) is 0 Å². The average molecular weight is 327 g/mol. The number of thiazole rings is 1. The third-order valence-electron chi connectivity index (χ3n) is 4.72. The van der Waals surface area contributed by atoms with Crippen molar-refractivity contribution in [2.75, 3.05) is 5.32 Å². The van der Waals surface area contributed by atoms with E-state index in [9.17, 15) is 4.79 Å². The fourth-order valence-corrected chi connectivity index (χ4v) is 4.47. The van der Waals surface area contributed by atoms with Crippen LogP contribution >= 0.6 is 11.3 Å². The van der Waals surface area contributed by atoms with Crippen LogP contribution in [-0.2, 0) is 30.6 Å². The largest absolute Gasteiger partial charge is 0.301 e. The highest BCUT2D eigenvalue weighted by atomic mass is 32.1. The Balaban J connectivity index is 1.44. The van der Waals surface area contributed by atoms with E-state index >= 15 is 0 Å². The molecule has 120 valence electrons. The number of hydrogen-bond donors (Lipinski definition) is 2. The minimum atomic E-state index is -0.173. The number of benzene rings is 1. The number of aryl methyl sites for hydroxylation is 2. The van der Waals surface area contributed by atoms with Gasteiger partial charge in [0.15, 0.2) is 5.13 Å². The molecule has 0 saturated heterocycles. The molecule has 1 aliphatic heterocycles. The molecule has 4 rings (SSSR count). The molecule has 1 unspecified atom stereocenters. The number of anilines is 1. The summed E-state index contributed by atoms with van der Waals surface area (Å²) >= 11 is 1.66. The molecule has 0 saturated carbocycles. The van der Waals surface area contributed by atoms with E-state index in [1.807, 2.05) is 12.1 Å². The molecule has 5 heteroatoms. The lowest BCUT2D eigenvalue weighted by atomic mass is 9.95. The zero-order chi connectivity index (χ0) is 15.6. The monoisotopic (exact) mass is 327 g/mol. The van der Waals surface area contributed by atoms with Gasteiger partial charge in [-0.15, -0.1) is 11.3 Å². The molecule has 2 aromatic rings. The van der Waals surface area contributed by atoms with Gasteiger partial charge in [0.1, 0.15) is 0 Å². The number of amides is 1. The van der Waals surface area contributed by atoms with Crippen LogP contribution in [0.4, 0.5) is 5.13 Å². The Morgan fingerprint density at radius 1 is 1.17 bits per heavy atom. The molecule has 0 bridgehead atoms. The van der Waals surface area contributed by atoms with Crippen LogP contribution in [0.5, 0.6) is 0 Å². The van der Waals surface area contributed by atoms with Crippen molar-refractivity contribution in [1.82, 2.24) is 10.3 Å². The maximum Gasteiger partial charge on any atom is 0.243 e. The quantitative estimate of drug-likeness (QED) is 0.834. The predicted octanol–water partition coefficient (Wildman–Crippen LogP) is 3.07. The van der Waals surface area contributed by atoms with Gasteiger partial charge in [-0.1, -0.05) is 30.7 Å². The number of carbonyl (C=O) groups excluding carboxylic acids is 1. The van der Waals surface area contributed by atoms with E-state index in [-0.39, 0.29) is 11.9 Å². The molecule has 0 spiro atoms. The van der Waals surface area contributed by atoms with E-state index < -0.39 is 0 Å². The molecule has 2 heterocycles. The molecule has 0 radical (unpaired) electrons. The van der Waals surface area contributed by atoms with E-state index in [1.54, 1.807) is 11.3 Å². The lowest BCUT2D eigenvalue weighted by Crippen LogP contribution is -2.44.